The van der Waals surface area contributed by atoms with Gasteiger partial charge in [0.15, 0.2) is 0 Å². The second-order valence-corrected chi connectivity index (χ2v) is 5.89. The van der Waals surface area contributed by atoms with E-state index < -0.39 is 0 Å². The number of hydrogen-bond acceptors (Lipinski definition) is 4. The van der Waals surface area contributed by atoms with E-state index in [1.807, 2.05) is 0 Å². The summed E-state index contributed by atoms with van der Waals surface area (Å²) < 4.78 is 0. The maximum atomic E-state index is 4.52. The van der Waals surface area contributed by atoms with Crippen LogP contribution in [0.15, 0.2) is 5.38 Å². The predicted molar refractivity (Wildman–Crippen MR) is 73.5 cm³/mol. The average molecular weight is 253 g/mol. The van der Waals surface area contributed by atoms with Crippen molar-refractivity contribution in [1.29, 1.82) is 0 Å². The van der Waals surface area contributed by atoms with Gasteiger partial charge in [-0.15, -0.1) is 11.3 Å². The van der Waals surface area contributed by atoms with Gasteiger partial charge in [0.2, 0.25) is 0 Å². The fourth-order valence-corrected chi connectivity index (χ4v) is 3.16. The van der Waals surface area contributed by atoms with Crippen LogP contribution >= 0.6 is 11.3 Å². The normalized spacial score (nSPS) is 22.6. The van der Waals surface area contributed by atoms with Gasteiger partial charge in [0.1, 0.15) is 5.01 Å². The largest absolute Gasteiger partial charge is 0.316 e. The van der Waals surface area contributed by atoms with Crippen molar-refractivity contribution in [3.63, 3.8) is 0 Å². The van der Waals surface area contributed by atoms with E-state index in [1.54, 1.807) is 11.3 Å². The molecule has 0 radical (unpaired) electrons. The molecule has 0 spiro atoms. The van der Waals surface area contributed by atoms with Gasteiger partial charge in [-0.1, -0.05) is 0 Å². The van der Waals surface area contributed by atoms with E-state index in [0.717, 1.165) is 18.2 Å². The summed E-state index contributed by atoms with van der Waals surface area (Å²) in [5.74, 6) is 0.862. The van der Waals surface area contributed by atoms with Gasteiger partial charge in [-0.3, -0.25) is 0 Å². The maximum absolute atomic E-state index is 4.52. The highest BCUT2D eigenvalue weighted by Gasteiger charge is 2.13. The lowest BCUT2D eigenvalue weighted by Gasteiger charge is -2.23. The lowest BCUT2D eigenvalue weighted by Crippen LogP contribution is -2.32. The summed E-state index contributed by atoms with van der Waals surface area (Å²) in [7, 11) is 0. The van der Waals surface area contributed by atoms with Crippen LogP contribution < -0.4 is 10.6 Å². The van der Waals surface area contributed by atoms with E-state index in [-0.39, 0.29) is 0 Å². The number of nitrogens with zero attached hydrogens (tertiary/aromatic N) is 1. The summed E-state index contributed by atoms with van der Waals surface area (Å²) in [5.41, 5.74) is 1.13. The van der Waals surface area contributed by atoms with Crippen molar-refractivity contribution in [2.45, 2.75) is 39.2 Å². The fraction of sp³-hybridized carbons (Fsp3) is 0.769. The van der Waals surface area contributed by atoms with E-state index in [2.05, 4.69) is 34.8 Å². The molecule has 1 aliphatic heterocycles. The molecule has 2 heterocycles. The molecule has 0 bridgehead atoms. The summed E-state index contributed by atoms with van der Waals surface area (Å²) in [6.45, 7) is 7.77. The van der Waals surface area contributed by atoms with Crippen molar-refractivity contribution in [3.8, 4) is 0 Å². The SMILES string of the molecule is Cc1csc(C(C)NCCC2CCCNC2)n1. The molecule has 0 saturated carbocycles. The second-order valence-electron chi connectivity index (χ2n) is 5.00. The number of thiazole rings is 1. The monoisotopic (exact) mass is 253 g/mol. The summed E-state index contributed by atoms with van der Waals surface area (Å²) in [6.07, 6.45) is 4.01. The van der Waals surface area contributed by atoms with Crippen molar-refractivity contribution in [2.24, 2.45) is 5.92 Å². The van der Waals surface area contributed by atoms with Crippen molar-refractivity contribution in [3.05, 3.63) is 16.1 Å². The molecular weight excluding hydrogens is 230 g/mol. The molecule has 1 saturated heterocycles. The van der Waals surface area contributed by atoms with Crippen LogP contribution in [0.4, 0.5) is 0 Å². The third-order valence-electron chi connectivity index (χ3n) is 3.41. The Bertz CT molecular complexity index is 331. The Morgan fingerprint density at radius 1 is 1.65 bits per heavy atom. The van der Waals surface area contributed by atoms with Crippen LogP contribution in [0, 0.1) is 12.8 Å². The van der Waals surface area contributed by atoms with Crippen LogP contribution in [-0.2, 0) is 0 Å². The van der Waals surface area contributed by atoms with E-state index in [0.29, 0.717) is 6.04 Å². The Morgan fingerprint density at radius 3 is 3.18 bits per heavy atom. The minimum absolute atomic E-state index is 0.394. The zero-order chi connectivity index (χ0) is 12.1. The molecule has 2 N–H and O–H groups in total. The number of nitrogens with one attached hydrogen (secondary N) is 2. The minimum Gasteiger partial charge on any atom is -0.316 e. The molecule has 0 aromatic carbocycles. The van der Waals surface area contributed by atoms with Crippen molar-refractivity contribution in [1.82, 2.24) is 15.6 Å². The molecule has 2 atom stereocenters. The van der Waals surface area contributed by atoms with Gasteiger partial charge in [0, 0.05) is 11.1 Å². The number of rotatable bonds is 5. The van der Waals surface area contributed by atoms with E-state index in [1.165, 1.54) is 37.4 Å². The van der Waals surface area contributed by atoms with Gasteiger partial charge < -0.3 is 10.6 Å². The molecule has 0 aliphatic carbocycles. The molecule has 2 rings (SSSR count). The van der Waals surface area contributed by atoms with Gasteiger partial charge in [0.25, 0.3) is 0 Å². The van der Waals surface area contributed by atoms with Gasteiger partial charge >= 0.3 is 0 Å². The highest BCUT2D eigenvalue weighted by molar-refractivity contribution is 7.09. The van der Waals surface area contributed by atoms with Gasteiger partial charge in [-0.25, -0.2) is 4.98 Å². The Hall–Kier alpha value is -0.450. The number of aryl methyl sites for hydroxylation is 1. The second kappa shape index (κ2) is 6.47. The fourth-order valence-electron chi connectivity index (χ4n) is 2.33. The predicted octanol–water partition coefficient (Wildman–Crippen LogP) is 2.49. The number of piperidine rings is 1. The molecule has 0 amide bonds. The lowest BCUT2D eigenvalue weighted by molar-refractivity contribution is 0.347. The third kappa shape index (κ3) is 4.05. The molecule has 1 fully saturated rings. The molecule has 17 heavy (non-hydrogen) atoms. The average Bonchev–Trinajstić information content (AvgIpc) is 2.77. The van der Waals surface area contributed by atoms with Crippen molar-refractivity contribution < 1.29 is 0 Å². The molecule has 4 heteroatoms. The Kier molecular flexibility index (Phi) is 4.95. The van der Waals surface area contributed by atoms with Crippen LogP contribution in [0.25, 0.3) is 0 Å². The minimum atomic E-state index is 0.394. The highest BCUT2D eigenvalue weighted by Crippen LogP contribution is 2.18. The zero-order valence-electron chi connectivity index (χ0n) is 10.8. The van der Waals surface area contributed by atoms with E-state index in [4.69, 9.17) is 0 Å². The van der Waals surface area contributed by atoms with Gasteiger partial charge in [-0.2, -0.15) is 0 Å². The molecule has 96 valence electrons. The lowest BCUT2D eigenvalue weighted by atomic mass is 9.96. The smallest absolute Gasteiger partial charge is 0.110 e. The first-order chi connectivity index (χ1) is 8.25. The third-order valence-corrected chi connectivity index (χ3v) is 4.55. The van der Waals surface area contributed by atoms with Crippen LogP contribution in [0.3, 0.4) is 0 Å². The summed E-state index contributed by atoms with van der Waals surface area (Å²) in [5, 5.41) is 10.4. The first-order valence-corrected chi connectivity index (χ1v) is 7.50. The first kappa shape index (κ1) is 13.0. The van der Waals surface area contributed by atoms with Crippen molar-refractivity contribution >= 4 is 11.3 Å². The summed E-state index contributed by atoms with van der Waals surface area (Å²) in [6, 6.07) is 0.394. The van der Waals surface area contributed by atoms with Gasteiger partial charge in [-0.05, 0) is 58.7 Å². The summed E-state index contributed by atoms with van der Waals surface area (Å²) in [4.78, 5) is 4.52. The molecule has 3 nitrogen and oxygen atoms in total. The topological polar surface area (TPSA) is 37.0 Å². The Balaban J connectivity index is 1.67. The molecule has 1 aromatic rings. The van der Waals surface area contributed by atoms with Gasteiger partial charge in [0.05, 0.1) is 6.04 Å². The van der Waals surface area contributed by atoms with Crippen molar-refractivity contribution in [2.75, 3.05) is 19.6 Å². The number of aromatic nitrogens is 1. The summed E-state index contributed by atoms with van der Waals surface area (Å²) >= 11 is 1.76. The maximum Gasteiger partial charge on any atom is 0.110 e. The zero-order valence-corrected chi connectivity index (χ0v) is 11.6. The van der Waals surface area contributed by atoms with Crippen LogP contribution in [0.1, 0.15) is 42.9 Å². The van der Waals surface area contributed by atoms with Crippen LogP contribution in [0.5, 0.6) is 0 Å². The molecule has 1 aromatic heterocycles. The standard InChI is InChI=1S/C13H23N3S/c1-10-9-17-13(16-10)11(2)15-7-5-12-4-3-6-14-8-12/h9,11-12,14-15H,3-8H2,1-2H3. The molecule has 2 unspecified atom stereocenters. The van der Waals surface area contributed by atoms with E-state index >= 15 is 0 Å². The highest BCUT2D eigenvalue weighted by atomic mass is 32.1. The van der Waals surface area contributed by atoms with Crippen LogP contribution in [0.2, 0.25) is 0 Å². The Labute approximate surface area is 108 Å². The molecule has 1 aliphatic rings. The quantitative estimate of drug-likeness (QED) is 0.846. The number of hydrogen-bond donors (Lipinski definition) is 2. The van der Waals surface area contributed by atoms with E-state index in [9.17, 15) is 0 Å². The first-order valence-electron chi connectivity index (χ1n) is 6.62. The van der Waals surface area contributed by atoms with Crippen LogP contribution in [-0.4, -0.2) is 24.6 Å². The Morgan fingerprint density at radius 2 is 2.53 bits per heavy atom. The molecular formula is C13H23N3S.